The Kier molecular flexibility index (Phi) is 8.50. The highest BCUT2D eigenvalue weighted by Gasteiger charge is 2.19. The third kappa shape index (κ3) is 6.07. The quantitative estimate of drug-likeness (QED) is 0.142. The fourth-order valence-corrected chi connectivity index (χ4v) is 10.7. The van der Waals surface area contributed by atoms with Crippen LogP contribution < -0.4 is 4.90 Å². The Hall–Kier alpha value is -7.20. The van der Waals surface area contributed by atoms with Crippen LogP contribution in [0.3, 0.4) is 0 Å². The summed E-state index contributed by atoms with van der Waals surface area (Å²) in [4.78, 5) is 2.42. The number of nitrogens with zero attached hydrogens (tertiary/aromatic N) is 1. The molecule has 0 N–H and O–H groups in total. The number of thiophene rings is 1. The molecule has 0 aliphatic heterocycles. The summed E-state index contributed by atoms with van der Waals surface area (Å²) in [7, 11) is 0. The highest BCUT2D eigenvalue weighted by Crippen LogP contribution is 2.46. The van der Waals surface area contributed by atoms with Crippen molar-refractivity contribution in [2.24, 2.45) is 0 Å². The standard InChI is InChI=1S/C58H41NOS/c1-2-3-12-37-21-23-39(24-22-37)40-15-11-16-42(31-40)59(43-27-30-56-53(33-43)52-32-41(25-29-55(52)60-56)38-13-5-4-6-14-38)44-26-28-49-54-35-50-47-19-9-7-17-45(47)46-18-8-10-20-48(46)51(50)36-58(54)61-57(49)34-44/h4-11,13-36H,2-3,12H2,1H3. The van der Waals surface area contributed by atoms with Crippen molar-refractivity contribution in [1.82, 2.24) is 0 Å². The van der Waals surface area contributed by atoms with Gasteiger partial charge >= 0.3 is 0 Å². The molecule has 2 aromatic heterocycles. The lowest BCUT2D eigenvalue weighted by Gasteiger charge is -2.26. The first-order chi connectivity index (χ1) is 30.2. The maximum absolute atomic E-state index is 6.46. The van der Waals surface area contributed by atoms with E-state index in [2.05, 4.69) is 206 Å². The third-order valence-corrected chi connectivity index (χ3v) is 13.7. The molecule has 0 fully saturated rings. The first-order valence-electron chi connectivity index (χ1n) is 21.4. The van der Waals surface area contributed by atoms with E-state index >= 15 is 0 Å². The van der Waals surface area contributed by atoms with Crippen molar-refractivity contribution in [3.8, 4) is 22.3 Å². The predicted molar refractivity (Wildman–Crippen MR) is 263 cm³/mol. The van der Waals surface area contributed by atoms with Crippen molar-refractivity contribution >= 4 is 103 Å². The average molecular weight is 800 g/mol. The number of hydrogen-bond donors (Lipinski definition) is 0. The SMILES string of the molecule is CCCCc1ccc(-c2cccc(N(c3ccc4c(c3)sc3cc5c6ccccc6c6ccccc6c5cc34)c3ccc4oc5ccc(-c6ccccc6)cc5c4c3)c2)cc1. The van der Waals surface area contributed by atoms with Gasteiger partial charge in [-0.3, -0.25) is 0 Å². The van der Waals surface area contributed by atoms with Crippen LogP contribution in [0.4, 0.5) is 17.1 Å². The van der Waals surface area contributed by atoms with Crippen LogP contribution >= 0.6 is 11.3 Å². The van der Waals surface area contributed by atoms with Crippen LogP contribution in [0.15, 0.2) is 199 Å². The summed E-state index contributed by atoms with van der Waals surface area (Å²) in [5, 5.41) is 12.6. The van der Waals surface area contributed by atoms with Crippen molar-refractivity contribution in [3.05, 3.63) is 200 Å². The van der Waals surface area contributed by atoms with Crippen LogP contribution in [0, 0.1) is 0 Å². The van der Waals surface area contributed by atoms with Crippen LogP contribution in [-0.2, 0) is 6.42 Å². The lowest BCUT2D eigenvalue weighted by Crippen LogP contribution is -2.09. The maximum Gasteiger partial charge on any atom is 0.135 e. The molecule has 0 unspecified atom stereocenters. The Balaban J connectivity index is 1.04. The van der Waals surface area contributed by atoms with Gasteiger partial charge in [0.15, 0.2) is 0 Å². The summed E-state index contributed by atoms with van der Waals surface area (Å²) in [6.07, 6.45) is 3.53. The fourth-order valence-electron chi connectivity index (χ4n) is 9.53. The first kappa shape index (κ1) is 35.7. The summed E-state index contributed by atoms with van der Waals surface area (Å²) in [5.74, 6) is 0. The van der Waals surface area contributed by atoms with Crippen LogP contribution in [-0.4, -0.2) is 0 Å². The Morgan fingerprint density at radius 2 is 0.934 bits per heavy atom. The molecule has 0 bridgehead atoms. The molecule has 0 aliphatic rings. The second-order valence-corrected chi connectivity index (χ2v) is 17.4. The Morgan fingerprint density at radius 3 is 1.69 bits per heavy atom. The molecule has 0 amide bonds. The van der Waals surface area contributed by atoms with E-state index in [0.717, 1.165) is 45.4 Å². The summed E-state index contributed by atoms with van der Waals surface area (Å²) in [6, 6.07) is 71.5. The molecule has 12 aromatic rings. The number of unbranched alkanes of at least 4 members (excludes halogenated alkanes) is 1. The molecule has 2 nitrogen and oxygen atoms in total. The van der Waals surface area contributed by atoms with E-state index < -0.39 is 0 Å². The van der Waals surface area contributed by atoms with E-state index in [1.807, 2.05) is 11.3 Å². The zero-order chi connectivity index (χ0) is 40.4. The Morgan fingerprint density at radius 1 is 0.377 bits per heavy atom. The summed E-state index contributed by atoms with van der Waals surface area (Å²) in [5.41, 5.74) is 11.3. The van der Waals surface area contributed by atoms with Gasteiger partial charge in [-0.25, -0.2) is 0 Å². The van der Waals surface area contributed by atoms with Gasteiger partial charge in [0.1, 0.15) is 11.2 Å². The summed E-state index contributed by atoms with van der Waals surface area (Å²) >= 11 is 1.88. The monoisotopic (exact) mass is 799 g/mol. The zero-order valence-electron chi connectivity index (χ0n) is 33.9. The molecular formula is C58H41NOS. The fraction of sp³-hybridized carbons (Fsp3) is 0.0690. The largest absolute Gasteiger partial charge is 0.456 e. The number of hydrogen-bond acceptors (Lipinski definition) is 3. The molecule has 0 saturated heterocycles. The topological polar surface area (TPSA) is 16.4 Å². The second-order valence-electron chi connectivity index (χ2n) is 16.3. The van der Waals surface area contributed by atoms with Gasteiger partial charge < -0.3 is 9.32 Å². The van der Waals surface area contributed by atoms with E-state index in [1.165, 1.54) is 93.1 Å². The molecule has 0 radical (unpaired) electrons. The maximum atomic E-state index is 6.46. The normalized spacial score (nSPS) is 11.9. The smallest absolute Gasteiger partial charge is 0.135 e. The van der Waals surface area contributed by atoms with Gasteiger partial charge in [-0.05, 0) is 140 Å². The summed E-state index contributed by atoms with van der Waals surface area (Å²) in [6.45, 7) is 2.25. The molecule has 0 saturated carbocycles. The van der Waals surface area contributed by atoms with Gasteiger partial charge in [0, 0.05) is 48.0 Å². The highest BCUT2D eigenvalue weighted by molar-refractivity contribution is 7.26. The first-order valence-corrected chi connectivity index (χ1v) is 22.2. The van der Waals surface area contributed by atoms with E-state index in [4.69, 9.17) is 4.42 Å². The minimum absolute atomic E-state index is 0.882. The number of benzene rings is 10. The molecule has 10 aromatic carbocycles. The molecule has 0 atom stereocenters. The molecule has 61 heavy (non-hydrogen) atoms. The van der Waals surface area contributed by atoms with Crippen molar-refractivity contribution in [1.29, 1.82) is 0 Å². The van der Waals surface area contributed by atoms with E-state index in [0.29, 0.717) is 0 Å². The van der Waals surface area contributed by atoms with E-state index in [9.17, 15) is 0 Å². The Labute approximate surface area is 358 Å². The molecule has 2 heterocycles. The lowest BCUT2D eigenvalue weighted by molar-refractivity contribution is 0.669. The number of fused-ring (bicyclic) bond motifs is 12. The molecule has 3 heteroatoms. The van der Waals surface area contributed by atoms with Crippen LogP contribution in [0.25, 0.3) is 96.7 Å². The van der Waals surface area contributed by atoms with Gasteiger partial charge in [0.05, 0.1) is 0 Å². The summed E-state index contributed by atoms with van der Waals surface area (Å²) < 4.78 is 9.03. The zero-order valence-corrected chi connectivity index (χ0v) is 34.7. The van der Waals surface area contributed by atoms with Crippen LogP contribution in [0.5, 0.6) is 0 Å². The van der Waals surface area contributed by atoms with Crippen LogP contribution in [0.1, 0.15) is 25.3 Å². The van der Waals surface area contributed by atoms with E-state index in [1.54, 1.807) is 0 Å². The highest BCUT2D eigenvalue weighted by atomic mass is 32.1. The number of anilines is 3. The van der Waals surface area contributed by atoms with Gasteiger partial charge in [0.25, 0.3) is 0 Å². The van der Waals surface area contributed by atoms with Gasteiger partial charge in [0.2, 0.25) is 0 Å². The number of rotatable bonds is 8. The molecule has 0 aliphatic carbocycles. The Bertz CT molecular complexity index is 3630. The number of furan rings is 1. The molecular weight excluding hydrogens is 759 g/mol. The average Bonchev–Trinajstić information content (AvgIpc) is 3.88. The van der Waals surface area contributed by atoms with Crippen molar-refractivity contribution in [3.63, 3.8) is 0 Å². The van der Waals surface area contributed by atoms with Crippen molar-refractivity contribution < 1.29 is 4.42 Å². The lowest BCUT2D eigenvalue weighted by atomic mass is 9.93. The van der Waals surface area contributed by atoms with Gasteiger partial charge in [-0.2, -0.15) is 0 Å². The van der Waals surface area contributed by atoms with Gasteiger partial charge in [-0.1, -0.05) is 141 Å². The van der Waals surface area contributed by atoms with Crippen molar-refractivity contribution in [2.45, 2.75) is 26.2 Å². The molecule has 0 spiro atoms. The van der Waals surface area contributed by atoms with Crippen LogP contribution in [0.2, 0.25) is 0 Å². The van der Waals surface area contributed by atoms with Crippen molar-refractivity contribution in [2.75, 3.05) is 4.90 Å². The minimum Gasteiger partial charge on any atom is -0.456 e. The third-order valence-electron chi connectivity index (χ3n) is 12.6. The van der Waals surface area contributed by atoms with Gasteiger partial charge in [-0.15, -0.1) is 11.3 Å². The van der Waals surface area contributed by atoms with E-state index in [-0.39, 0.29) is 0 Å². The predicted octanol–water partition coefficient (Wildman–Crippen LogP) is 17.6. The second kappa shape index (κ2) is 14.5. The molecule has 290 valence electrons. The number of aryl methyl sites for hydroxylation is 1. The molecule has 12 rings (SSSR count). The minimum atomic E-state index is 0.882.